The molecule has 4 heteroatoms. The monoisotopic (exact) mass is 688 g/mol. The van der Waals surface area contributed by atoms with E-state index in [-0.39, 0.29) is 0 Å². The fraction of sp³-hybridized carbons (Fsp3) is 0. The summed E-state index contributed by atoms with van der Waals surface area (Å²) in [6.07, 6.45) is 0. The third kappa shape index (κ3) is 5.76. The van der Waals surface area contributed by atoms with Gasteiger partial charge in [0, 0.05) is 38.4 Å². The quantitative estimate of drug-likeness (QED) is 0.163. The van der Waals surface area contributed by atoms with Gasteiger partial charge in [-0.25, -0.2) is 19.9 Å². The Morgan fingerprint density at radius 3 is 1.41 bits per heavy atom. The maximum atomic E-state index is 5.23. The Bertz CT molecular complexity index is 2900. The molecule has 0 saturated carbocycles. The number of rotatable bonds is 6. The van der Waals surface area contributed by atoms with Crippen molar-refractivity contribution in [1.29, 1.82) is 0 Å². The van der Waals surface area contributed by atoms with Crippen LogP contribution in [0.4, 0.5) is 0 Å². The van der Waals surface area contributed by atoms with Crippen molar-refractivity contribution >= 4 is 32.4 Å². The molecule has 252 valence electrons. The second kappa shape index (κ2) is 13.4. The Balaban J connectivity index is 1.01. The van der Waals surface area contributed by atoms with Crippen molar-refractivity contribution in [2.75, 3.05) is 0 Å². The zero-order valence-electron chi connectivity index (χ0n) is 29.3. The Hall–Kier alpha value is -7.30. The highest BCUT2D eigenvalue weighted by atomic mass is 15.0. The summed E-state index contributed by atoms with van der Waals surface area (Å²) in [5.41, 5.74) is 10.6. The van der Waals surface area contributed by atoms with Crippen molar-refractivity contribution in [1.82, 2.24) is 19.9 Å². The number of hydrogen-bond acceptors (Lipinski definition) is 4. The van der Waals surface area contributed by atoms with E-state index >= 15 is 0 Å². The highest BCUT2D eigenvalue weighted by Gasteiger charge is 2.16. The molecule has 0 aliphatic rings. The Labute approximate surface area is 313 Å². The third-order valence-corrected chi connectivity index (χ3v) is 10.1. The van der Waals surface area contributed by atoms with Crippen molar-refractivity contribution in [2.45, 2.75) is 0 Å². The van der Waals surface area contributed by atoms with Crippen LogP contribution in [0.15, 0.2) is 194 Å². The van der Waals surface area contributed by atoms with E-state index in [9.17, 15) is 0 Å². The summed E-state index contributed by atoms with van der Waals surface area (Å²) in [6.45, 7) is 0. The molecule has 10 aromatic rings. The highest BCUT2D eigenvalue weighted by molar-refractivity contribution is 6.17. The SMILES string of the molecule is c1ccc(-c2nc(-c3ccccc3)nc(-c3ccc(-c4ccc(-c5cccc6c(-c7ccc8ccccc8c7)nc7ccccc7c56)cc4)cc3)n2)cc1. The summed E-state index contributed by atoms with van der Waals surface area (Å²) in [6, 6.07) is 67.7. The minimum atomic E-state index is 0.644. The third-order valence-electron chi connectivity index (χ3n) is 10.1. The van der Waals surface area contributed by atoms with Gasteiger partial charge < -0.3 is 0 Å². The lowest BCUT2D eigenvalue weighted by atomic mass is 9.91. The van der Waals surface area contributed by atoms with Gasteiger partial charge >= 0.3 is 0 Å². The molecular formula is C50H32N4. The maximum absolute atomic E-state index is 5.23. The van der Waals surface area contributed by atoms with Crippen LogP contribution in [0.3, 0.4) is 0 Å². The molecule has 0 spiro atoms. The Kier molecular flexibility index (Phi) is 7.77. The Morgan fingerprint density at radius 2 is 0.759 bits per heavy atom. The first-order valence-corrected chi connectivity index (χ1v) is 18.1. The van der Waals surface area contributed by atoms with Crippen molar-refractivity contribution in [2.24, 2.45) is 0 Å². The number of fused-ring (bicyclic) bond motifs is 4. The van der Waals surface area contributed by atoms with Crippen LogP contribution >= 0.6 is 0 Å². The van der Waals surface area contributed by atoms with Crippen LogP contribution in [-0.4, -0.2) is 19.9 Å². The molecule has 0 saturated heterocycles. The summed E-state index contributed by atoms with van der Waals surface area (Å²) in [5, 5.41) is 5.94. The molecule has 2 aromatic heterocycles. The summed E-state index contributed by atoms with van der Waals surface area (Å²) in [7, 11) is 0. The normalized spacial score (nSPS) is 11.3. The second-order valence-electron chi connectivity index (χ2n) is 13.5. The number of hydrogen-bond donors (Lipinski definition) is 0. The van der Waals surface area contributed by atoms with Crippen LogP contribution in [0.1, 0.15) is 0 Å². The van der Waals surface area contributed by atoms with E-state index < -0.39 is 0 Å². The summed E-state index contributed by atoms with van der Waals surface area (Å²) < 4.78 is 0. The number of benzene rings is 8. The van der Waals surface area contributed by atoms with Gasteiger partial charge in [0.2, 0.25) is 0 Å². The number of nitrogens with zero attached hydrogens (tertiary/aromatic N) is 4. The average molecular weight is 689 g/mol. The van der Waals surface area contributed by atoms with Gasteiger partial charge in [-0.05, 0) is 45.2 Å². The van der Waals surface area contributed by atoms with Gasteiger partial charge in [-0.1, -0.05) is 182 Å². The minimum Gasteiger partial charge on any atom is -0.247 e. The van der Waals surface area contributed by atoms with Crippen molar-refractivity contribution in [3.05, 3.63) is 194 Å². The van der Waals surface area contributed by atoms with Gasteiger partial charge in [0.05, 0.1) is 11.2 Å². The Morgan fingerprint density at radius 1 is 0.278 bits per heavy atom. The fourth-order valence-electron chi connectivity index (χ4n) is 7.39. The largest absolute Gasteiger partial charge is 0.247 e. The van der Waals surface area contributed by atoms with Crippen LogP contribution in [-0.2, 0) is 0 Å². The first-order chi connectivity index (χ1) is 26.7. The van der Waals surface area contributed by atoms with E-state index in [0.717, 1.165) is 60.9 Å². The smallest absolute Gasteiger partial charge is 0.164 e. The van der Waals surface area contributed by atoms with Crippen molar-refractivity contribution in [3.8, 4) is 67.7 Å². The lowest BCUT2D eigenvalue weighted by molar-refractivity contribution is 1.07. The van der Waals surface area contributed by atoms with Gasteiger partial charge in [0.1, 0.15) is 0 Å². The van der Waals surface area contributed by atoms with Crippen LogP contribution in [0.5, 0.6) is 0 Å². The van der Waals surface area contributed by atoms with E-state index in [4.69, 9.17) is 19.9 Å². The lowest BCUT2D eigenvalue weighted by Crippen LogP contribution is -2.00. The van der Waals surface area contributed by atoms with Gasteiger partial charge in [-0.15, -0.1) is 0 Å². The lowest BCUT2D eigenvalue weighted by Gasteiger charge is -2.15. The predicted molar refractivity (Wildman–Crippen MR) is 223 cm³/mol. The van der Waals surface area contributed by atoms with Crippen molar-refractivity contribution < 1.29 is 0 Å². The molecule has 10 rings (SSSR count). The molecule has 4 nitrogen and oxygen atoms in total. The number of pyridine rings is 1. The number of aromatic nitrogens is 4. The van der Waals surface area contributed by atoms with E-state index in [2.05, 4.69) is 133 Å². The first kappa shape index (κ1) is 31.4. The second-order valence-corrected chi connectivity index (χ2v) is 13.5. The van der Waals surface area contributed by atoms with E-state index in [1.807, 2.05) is 60.7 Å². The summed E-state index contributed by atoms with van der Waals surface area (Å²) >= 11 is 0. The minimum absolute atomic E-state index is 0.644. The van der Waals surface area contributed by atoms with Crippen LogP contribution < -0.4 is 0 Å². The first-order valence-electron chi connectivity index (χ1n) is 18.1. The van der Waals surface area contributed by atoms with Gasteiger partial charge in [-0.3, -0.25) is 0 Å². The molecule has 0 unspecified atom stereocenters. The molecule has 2 heterocycles. The van der Waals surface area contributed by atoms with E-state index in [1.54, 1.807) is 0 Å². The molecular weight excluding hydrogens is 657 g/mol. The molecule has 0 atom stereocenters. The molecule has 0 amide bonds. The molecule has 8 aromatic carbocycles. The summed E-state index contributed by atoms with van der Waals surface area (Å²) in [4.78, 5) is 19.9. The maximum Gasteiger partial charge on any atom is 0.164 e. The molecule has 0 aliphatic carbocycles. The molecule has 0 N–H and O–H groups in total. The summed E-state index contributed by atoms with van der Waals surface area (Å²) in [5.74, 6) is 1.95. The highest BCUT2D eigenvalue weighted by Crippen LogP contribution is 2.39. The van der Waals surface area contributed by atoms with E-state index in [1.165, 1.54) is 21.7 Å². The zero-order valence-corrected chi connectivity index (χ0v) is 29.3. The van der Waals surface area contributed by atoms with Gasteiger partial charge in [0.25, 0.3) is 0 Å². The standard InChI is InChI=1S/C50H32N4/c1-3-13-37(14-4-1)48-52-49(38-15-5-2-6-16-38)54-50(53-48)39-29-24-35(25-30-39)34-22-27-36(28-23-34)42-19-11-20-44-46(42)43-18-9-10-21-45(43)51-47(44)41-31-26-33-12-7-8-17-40(33)32-41/h1-32H. The fourth-order valence-corrected chi connectivity index (χ4v) is 7.39. The zero-order chi connectivity index (χ0) is 35.8. The van der Waals surface area contributed by atoms with Crippen molar-refractivity contribution in [3.63, 3.8) is 0 Å². The molecule has 54 heavy (non-hydrogen) atoms. The van der Waals surface area contributed by atoms with Crippen LogP contribution in [0.25, 0.3) is 100 Å². The molecule has 0 radical (unpaired) electrons. The van der Waals surface area contributed by atoms with Gasteiger partial charge in [-0.2, -0.15) is 0 Å². The van der Waals surface area contributed by atoms with E-state index in [0.29, 0.717) is 17.5 Å². The van der Waals surface area contributed by atoms with Crippen LogP contribution in [0, 0.1) is 0 Å². The topological polar surface area (TPSA) is 51.6 Å². The molecule has 0 fully saturated rings. The molecule has 0 bridgehead atoms. The number of para-hydroxylation sites is 1. The predicted octanol–water partition coefficient (Wildman–Crippen LogP) is 12.7. The van der Waals surface area contributed by atoms with Crippen LogP contribution in [0.2, 0.25) is 0 Å². The molecule has 0 aliphatic heterocycles. The van der Waals surface area contributed by atoms with Gasteiger partial charge in [0.15, 0.2) is 17.5 Å². The average Bonchev–Trinajstić information content (AvgIpc) is 3.26.